The number of hydrogen-bond donors (Lipinski definition) is 1. The Morgan fingerprint density at radius 2 is 2.22 bits per heavy atom. The number of hydrogen-bond acceptors (Lipinski definition) is 3. The standard InChI is InChI=1S/C13H13BrClNOS/c1-8(16)10-6-9(15)2-3-12(10)17-7-13-11(14)4-5-18-13/h2-6,8H,7,16H2,1H3/t8-/m1/s1. The predicted molar refractivity (Wildman–Crippen MR) is 80.4 cm³/mol. The fraction of sp³-hybridized carbons (Fsp3) is 0.231. The first-order valence-corrected chi connectivity index (χ1v) is 7.52. The van der Waals surface area contributed by atoms with Crippen molar-refractivity contribution in [2.45, 2.75) is 19.6 Å². The topological polar surface area (TPSA) is 35.2 Å². The highest BCUT2D eigenvalue weighted by Gasteiger charge is 2.10. The normalized spacial score (nSPS) is 12.4. The summed E-state index contributed by atoms with van der Waals surface area (Å²) < 4.78 is 6.89. The van der Waals surface area contributed by atoms with Gasteiger partial charge in [0.2, 0.25) is 0 Å². The predicted octanol–water partition coefficient (Wildman–Crippen LogP) is 4.76. The van der Waals surface area contributed by atoms with Gasteiger partial charge in [-0.05, 0) is 52.5 Å². The molecule has 1 aromatic heterocycles. The van der Waals surface area contributed by atoms with E-state index in [9.17, 15) is 0 Å². The molecule has 2 N–H and O–H groups in total. The van der Waals surface area contributed by atoms with Crippen LogP contribution in [0.1, 0.15) is 23.4 Å². The minimum Gasteiger partial charge on any atom is -0.488 e. The van der Waals surface area contributed by atoms with Gasteiger partial charge in [0.05, 0.1) is 4.88 Å². The molecule has 0 aliphatic rings. The van der Waals surface area contributed by atoms with Gasteiger partial charge in [0.15, 0.2) is 0 Å². The third-order valence-electron chi connectivity index (χ3n) is 2.51. The first kappa shape index (κ1) is 13.9. The highest BCUT2D eigenvalue weighted by atomic mass is 79.9. The van der Waals surface area contributed by atoms with Gasteiger partial charge in [-0.15, -0.1) is 11.3 Å². The molecule has 1 atom stereocenters. The lowest BCUT2D eigenvalue weighted by Crippen LogP contribution is -2.08. The maximum absolute atomic E-state index is 5.97. The molecule has 2 rings (SSSR count). The van der Waals surface area contributed by atoms with E-state index in [1.165, 1.54) is 0 Å². The Labute approximate surface area is 124 Å². The maximum atomic E-state index is 5.97. The molecule has 0 amide bonds. The van der Waals surface area contributed by atoms with Crippen molar-refractivity contribution in [1.82, 2.24) is 0 Å². The van der Waals surface area contributed by atoms with Crippen LogP contribution in [0.4, 0.5) is 0 Å². The molecule has 0 saturated heterocycles. The summed E-state index contributed by atoms with van der Waals surface area (Å²) in [6.45, 7) is 2.44. The molecule has 2 aromatic rings. The third kappa shape index (κ3) is 3.26. The number of benzene rings is 1. The number of thiophene rings is 1. The average Bonchev–Trinajstić information content (AvgIpc) is 2.73. The van der Waals surface area contributed by atoms with E-state index >= 15 is 0 Å². The van der Waals surface area contributed by atoms with Crippen LogP contribution in [0.5, 0.6) is 5.75 Å². The second kappa shape index (κ2) is 6.06. The molecule has 0 radical (unpaired) electrons. The summed E-state index contributed by atoms with van der Waals surface area (Å²) in [6, 6.07) is 7.43. The second-order valence-corrected chi connectivity index (χ2v) is 6.24. The Morgan fingerprint density at radius 1 is 1.44 bits per heavy atom. The first-order valence-electron chi connectivity index (χ1n) is 5.47. The van der Waals surface area contributed by atoms with Gasteiger partial charge in [0.1, 0.15) is 12.4 Å². The van der Waals surface area contributed by atoms with Crippen LogP contribution in [0.15, 0.2) is 34.1 Å². The summed E-state index contributed by atoms with van der Waals surface area (Å²) in [5.74, 6) is 0.787. The molecule has 5 heteroatoms. The highest BCUT2D eigenvalue weighted by Crippen LogP contribution is 2.29. The van der Waals surface area contributed by atoms with Gasteiger partial charge in [-0.25, -0.2) is 0 Å². The summed E-state index contributed by atoms with van der Waals surface area (Å²) in [5.41, 5.74) is 6.84. The molecular formula is C13H13BrClNOS. The lowest BCUT2D eigenvalue weighted by atomic mass is 10.1. The molecule has 0 unspecified atom stereocenters. The van der Waals surface area contributed by atoms with E-state index in [0.717, 1.165) is 20.7 Å². The van der Waals surface area contributed by atoms with E-state index in [1.54, 1.807) is 11.3 Å². The highest BCUT2D eigenvalue weighted by molar-refractivity contribution is 9.10. The molecule has 0 bridgehead atoms. The molecular weight excluding hydrogens is 334 g/mol. The van der Waals surface area contributed by atoms with E-state index < -0.39 is 0 Å². The Hall–Kier alpha value is -0.550. The SMILES string of the molecule is C[C@@H](N)c1cc(Cl)ccc1OCc1sccc1Br. The van der Waals surface area contributed by atoms with Crippen molar-refractivity contribution in [3.8, 4) is 5.75 Å². The summed E-state index contributed by atoms with van der Waals surface area (Å²) in [7, 11) is 0. The number of halogens is 2. The molecule has 2 nitrogen and oxygen atoms in total. The molecule has 1 aromatic carbocycles. The Balaban J connectivity index is 2.16. The molecule has 96 valence electrons. The van der Waals surface area contributed by atoms with Crippen molar-refractivity contribution >= 4 is 38.9 Å². The van der Waals surface area contributed by atoms with Crippen LogP contribution in [0.25, 0.3) is 0 Å². The van der Waals surface area contributed by atoms with Crippen molar-refractivity contribution in [2.75, 3.05) is 0 Å². The second-order valence-electron chi connectivity index (χ2n) is 3.95. The zero-order chi connectivity index (χ0) is 13.1. The lowest BCUT2D eigenvalue weighted by Gasteiger charge is -2.14. The zero-order valence-corrected chi connectivity index (χ0v) is 13.0. The Bertz CT molecular complexity index is 542. The summed E-state index contributed by atoms with van der Waals surface area (Å²) >= 11 is 11.1. The van der Waals surface area contributed by atoms with Crippen molar-refractivity contribution in [2.24, 2.45) is 5.73 Å². The van der Waals surface area contributed by atoms with Crippen LogP contribution in [0, 0.1) is 0 Å². The molecule has 0 spiro atoms. The lowest BCUT2D eigenvalue weighted by molar-refractivity contribution is 0.304. The minimum absolute atomic E-state index is 0.106. The van der Waals surface area contributed by atoms with Crippen LogP contribution in [-0.4, -0.2) is 0 Å². The van der Waals surface area contributed by atoms with Crippen LogP contribution in [0.2, 0.25) is 5.02 Å². The van der Waals surface area contributed by atoms with E-state index in [1.807, 2.05) is 36.6 Å². The largest absolute Gasteiger partial charge is 0.488 e. The van der Waals surface area contributed by atoms with Crippen molar-refractivity contribution in [1.29, 1.82) is 0 Å². The number of ether oxygens (including phenoxy) is 1. The van der Waals surface area contributed by atoms with E-state index in [0.29, 0.717) is 11.6 Å². The Kier molecular flexibility index (Phi) is 4.67. The van der Waals surface area contributed by atoms with Gasteiger partial charge in [-0.2, -0.15) is 0 Å². The average molecular weight is 347 g/mol. The van der Waals surface area contributed by atoms with Crippen LogP contribution >= 0.6 is 38.9 Å². The van der Waals surface area contributed by atoms with Crippen LogP contribution in [-0.2, 0) is 6.61 Å². The summed E-state index contributed by atoms with van der Waals surface area (Å²) in [5, 5.41) is 2.70. The van der Waals surface area contributed by atoms with E-state index in [2.05, 4.69) is 15.9 Å². The first-order chi connectivity index (χ1) is 8.58. The third-order valence-corrected chi connectivity index (χ3v) is 4.65. The van der Waals surface area contributed by atoms with E-state index in [-0.39, 0.29) is 6.04 Å². The van der Waals surface area contributed by atoms with Gasteiger partial charge in [0.25, 0.3) is 0 Å². The molecule has 18 heavy (non-hydrogen) atoms. The number of nitrogens with two attached hydrogens (primary N) is 1. The van der Waals surface area contributed by atoms with Gasteiger partial charge < -0.3 is 10.5 Å². The fourth-order valence-electron chi connectivity index (χ4n) is 1.58. The van der Waals surface area contributed by atoms with Gasteiger partial charge in [0, 0.05) is 21.1 Å². The molecule has 1 heterocycles. The van der Waals surface area contributed by atoms with Crippen molar-refractivity contribution < 1.29 is 4.74 Å². The van der Waals surface area contributed by atoms with Crippen molar-refractivity contribution in [3.05, 3.63) is 49.6 Å². The molecule has 0 fully saturated rings. The minimum atomic E-state index is -0.106. The van der Waals surface area contributed by atoms with Crippen LogP contribution in [0.3, 0.4) is 0 Å². The molecule has 0 aliphatic carbocycles. The van der Waals surface area contributed by atoms with E-state index in [4.69, 9.17) is 22.1 Å². The summed E-state index contributed by atoms with van der Waals surface area (Å²) in [6.07, 6.45) is 0. The molecule has 0 aliphatic heterocycles. The van der Waals surface area contributed by atoms with Gasteiger partial charge in [-0.3, -0.25) is 0 Å². The van der Waals surface area contributed by atoms with Crippen LogP contribution < -0.4 is 10.5 Å². The maximum Gasteiger partial charge on any atom is 0.124 e. The fourth-order valence-corrected chi connectivity index (χ4v) is 3.14. The van der Waals surface area contributed by atoms with Gasteiger partial charge >= 0.3 is 0 Å². The van der Waals surface area contributed by atoms with Crippen molar-refractivity contribution in [3.63, 3.8) is 0 Å². The van der Waals surface area contributed by atoms with Gasteiger partial charge in [-0.1, -0.05) is 11.6 Å². The smallest absolute Gasteiger partial charge is 0.124 e. The Morgan fingerprint density at radius 3 is 2.83 bits per heavy atom. The molecule has 0 saturated carbocycles. The zero-order valence-electron chi connectivity index (χ0n) is 9.82. The number of rotatable bonds is 4. The monoisotopic (exact) mass is 345 g/mol. The summed E-state index contributed by atoms with van der Waals surface area (Å²) in [4.78, 5) is 1.15. The quantitative estimate of drug-likeness (QED) is 0.866.